The number of hydrogen-bond acceptors (Lipinski definition) is 6. The van der Waals surface area contributed by atoms with E-state index in [0.717, 1.165) is 11.4 Å². The van der Waals surface area contributed by atoms with Crippen molar-refractivity contribution in [1.82, 2.24) is 9.80 Å². The van der Waals surface area contributed by atoms with Crippen LogP contribution in [0, 0.1) is 6.92 Å². The Kier molecular flexibility index (Phi) is 5.43. The zero-order chi connectivity index (χ0) is 17.0. The molecular formula is C17H24N2O4S. The van der Waals surface area contributed by atoms with E-state index in [9.17, 15) is 8.42 Å². The van der Waals surface area contributed by atoms with Crippen LogP contribution in [-0.2, 0) is 19.3 Å². The second-order valence-electron chi connectivity index (χ2n) is 6.03. The number of rotatable bonds is 4. The topological polar surface area (TPSA) is 59.1 Å². The van der Waals surface area contributed by atoms with Crippen molar-refractivity contribution >= 4 is 9.84 Å². The molecule has 1 aromatic rings. The zero-order valence-corrected chi connectivity index (χ0v) is 14.8. The van der Waals surface area contributed by atoms with Gasteiger partial charge in [0, 0.05) is 26.2 Å². The lowest BCUT2D eigenvalue weighted by Crippen LogP contribution is -2.46. The Hall–Kier alpha value is -1.57. The molecule has 0 aliphatic carbocycles. The van der Waals surface area contributed by atoms with E-state index in [0.29, 0.717) is 57.5 Å². The van der Waals surface area contributed by atoms with Gasteiger partial charge in [-0.2, -0.15) is 0 Å². The lowest BCUT2D eigenvalue weighted by atomic mass is 10.2. The van der Waals surface area contributed by atoms with Crippen LogP contribution in [0.3, 0.4) is 0 Å². The van der Waals surface area contributed by atoms with E-state index >= 15 is 0 Å². The normalized spacial score (nSPS) is 19.2. The molecular weight excluding hydrogens is 328 g/mol. The summed E-state index contributed by atoms with van der Waals surface area (Å²) in [7, 11) is -3.50. The number of sulfone groups is 1. The third-order valence-electron chi connectivity index (χ3n) is 4.28. The molecule has 0 aromatic heterocycles. The molecule has 2 heterocycles. The van der Waals surface area contributed by atoms with E-state index in [2.05, 4.69) is 9.80 Å². The largest absolute Gasteiger partial charge is 0.378 e. The average molecular weight is 352 g/mol. The van der Waals surface area contributed by atoms with Gasteiger partial charge in [-0.1, -0.05) is 17.7 Å². The fraction of sp³-hybridized carbons (Fsp3) is 0.529. The summed E-state index contributed by atoms with van der Waals surface area (Å²) < 4.78 is 36.5. The maximum absolute atomic E-state index is 12.8. The Morgan fingerprint density at radius 2 is 1.38 bits per heavy atom. The van der Waals surface area contributed by atoms with Gasteiger partial charge >= 0.3 is 0 Å². The van der Waals surface area contributed by atoms with Gasteiger partial charge in [-0.25, -0.2) is 8.42 Å². The van der Waals surface area contributed by atoms with Crippen molar-refractivity contribution < 1.29 is 17.9 Å². The average Bonchev–Trinajstić information content (AvgIpc) is 2.62. The first-order valence-corrected chi connectivity index (χ1v) is 9.80. The van der Waals surface area contributed by atoms with Crippen LogP contribution >= 0.6 is 0 Å². The van der Waals surface area contributed by atoms with E-state index in [4.69, 9.17) is 9.47 Å². The van der Waals surface area contributed by atoms with Crippen molar-refractivity contribution in [3.63, 3.8) is 0 Å². The predicted octanol–water partition coefficient (Wildman–Crippen LogP) is 1.23. The van der Waals surface area contributed by atoms with E-state index in [1.54, 1.807) is 12.1 Å². The molecule has 0 spiro atoms. The molecule has 24 heavy (non-hydrogen) atoms. The predicted molar refractivity (Wildman–Crippen MR) is 91.2 cm³/mol. The zero-order valence-electron chi connectivity index (χ0n) is 14.0. The first-order valence-electron chi connectivity index (χ1n) is 8.25. The molecule has 2 aliphatic heterocycles. The van der Waals surface area contributed by atoms with E-state index in [1.165, 1.54) is 5.41 Å². The molecule has 3 rings (SSSR count). The van der Waals surface area contributed by atoms with Gasteiger partial charge in [0.05, 0.1) is 36.7 Å². The van der Waals surface area contributed by atoms with Crippen LogP contribution in [-0.4, -0.2) is 70.8 Å². The van der Waals surface area contributed by atoms with E-state index in [1.807, 2.05) is 19.1 Å². The van der Waals surface area contributed by atoms with Crippen LogP contribution in [0.2, 0.25) is 0 Å². The Labute approximate surface area is 143 Å². The molecule has 0 bridgehead atoms. The Bertz CT molecular complexity index is 653. The van der Waals surface area contributed by atoms with Gasteiger partial charge < -0.3 is 19.3 Å². The lowest BCUT2D eigenvalue weighted by molar-refractivity contribution is 0.00890. The SMILES string of the molecule is Cc1ccc(S(=O)(=O)C=C(N2CCOCC2)N2CCOCC2)cc1. The number of benzene rings is 1. The molecule has 2 saturated heterocycles. The molecule has 1 aromatic carbocycles. The highest BCUT2D eigenvalue weighted by Crippen LogP contribution is 2.21. The van der Waals surface area contributed by atoms with Crippen LogP contribution in [0.15, 0.2) is 40.4 Å². The number of aryl methyl sites for hydroxylation is 1. The molecule has 2 fully saturated rings. The molecule has 0 N–H and O–H groups in total. The summed E-state index contributed by atoms with van der Waals surface area (Å²) in [6.45, 7) is 7.22. The highest BCUT2D eigenvalue weighted by Gasteiger charge is 2.24. The Balaban J connectivity index is 1.93. The van der Waals surface area contributed by atoms with Gasteiger partial charge in [-0.3, -0.25) is 0 Å². The van der Waals surface area contributed by atoms with Gasteiger partial charge in [-0.05, 0) is 19.1 Å². The summed E-state index contributed by atoms with van der Waals surface area (Å²) in [4.78, 5) is 4.52. The van der Waals surface area contributed by atoms with Crippen molar-refractivity contribution in [2.45, 2.75) is 11.8 Å². The van der Waals surface area contributed by atoms with Crippen molar-refractivity contribution in [2.75, 3.05) is 52.6 Å². The molecule has 0 radical (unpaired) electrons. The van der Waals surface area contributed by atoms with Gasteiger partial charge in [0.2, 0.25) is 9.84 Å². The van der Waals surface area contributed by atoms with Crippen LogP contribution in [0.1, 0.15) is 5.56 Å². The van der Waals surface area contributed by atoms with Crippen LogP contribution in [0.5, 0.6) is 0 Å². The van der Waals surface area contributed by atoms with Crippen LogP contribution in [0.25, 0.3) is 0 Å². The second kappa shape index (κ2) is 7.55. The van der Waals surface area contributed by atoms with E-state index < -0.39 is 9.84 Å². The number of morpholine rings is 2. The van der Waals surface area contributed by atoms with Crippen LogP contribution in [0.4, 0.5) is 0 Å². The lowest BCUT2D eigenvalue weighted by Gasteiger charge is -2.39. The maximum atomic E-state index is 12.8. The molecule has 0 saturated carbocycles. The minimum absolute atomic E-state index is 0.326. The third-order valence-corrected chi connectivity index (χ3v) is 5.73. The fourth-order valence-electron chi connectivity index (χ4n) is 2.87. The van der Waals surface area contributed by atoms with Gasteiger partial charge in [0.15, 0.2) is 0 Å². The molecule has 0 amide bonds. The standard InChI is InChI=1S/C17H24N2O4S/c1-15-2-4-16(5-3-15)24(20,21)14-17(18-6-10-22-11-7-18)19-8-12-23-13-9-19/h2-5,14H,6-13H2,1H3. The van der Waals surface area contributed by atoms with Crippen LogP contribution < -0.4 is 0 Å². The molecule has 6 nitrogen and oxygen atoms in total. The maximum Gasteiger partial charge on any atom is 0.203 e. The van der Waals surface area contributed by atoms with E-state index in [-0.39, 0.29) is 0 Å². The third kappa shape index (κ3) is 4.09. The Morgan fingerprint density at radius 3 is 1.83 bits per heavy atom. The molecule has 0 unspecified atom stereocenters. The summed E-state index contributed by atoms with van der Waals surface area (Å²) in [6.07, 6.45) is 0. The van der Waals surface area contributed by atoms with Crippen molar-refractivity contribution in [2.24, 2.45) is 0 Å². The highest BCUT2D eigenvalue weighted by molar-refractivity contribution is 7.94. The first kappa shape index (κ1) is 17.3. The van der Waals surface area contributed by atoms with Gasteiger partial charge in [0.25, 0.3) is 0 Å². The van der Waals surface area contributed by atoms with Gasteiger partial charge in [0.1, 0.15) is 5.82 Å². The highest BCUT2D eigenvalue weighted by atomic mass is 32.2. The van der Waals surface area contributed by atoms with Crippen molar-refractivity contribution in [3.05, 3.63) is 41.1 Å². The smallest absolute Gasteiger partial charge is 0.203 e. The van der Waals surface area contributed by atoms with Crippen molar-refractivity contribution in [1.29, 1.82) is 0 Å². The summed E-state index contributed by atoms with van der Waals surface area (Å²) in [5.74, 6) is 0.752. The summed E-state index contributed by atoms with van der Waals surface area (Å²) in [5, 5.41) is 1.41. The summed E-state index contributed by atoms with van der Waals surface area (Å²) in [6, 6.07) is 6.97. The molecule has 2 aliphatic rings. The summed E-state index contributed by atoms with van der Waals surface area (Å²) >= 11 is 0. The fourth-order valence-corrected chi connectivity index (χ4v) is 4.10. The number of nitrogens with zero attached hydrogens (tertiary/aromatic N) is 2. The minimum Gasteiger partial charge on any atom is -0.378 e. The Morgan fingerprint density at radius 1 is 0.917 bits per heavy atom. The quantitative estimate of drug-likeness (QED) is 0.812. The molecule has 7 heteroatoms. The first-order chi connectivity index (χ1) is 11.6. The second-order valence-corrected chi connectivity index (χ2v) is 7.83. The molecule has 132 valence electrons. The van der Waals surface area contributed by atoms with Gasteiger partial charge in [-0.15, -0.1) is 0 Å². The minimum atomic E-state index is -3.50. The monoisotopic (exact) mass is 352 g/mol. The van der Waals surface area contributed by atoms with Crippen molar-refractivity contribution in [3.8, 4) is 0 Å². The number of hydrogen-bond donors (Lipinski definition) is 0. The summed E-state index contributed by atoms with van der Waals surface area (Å²) in [5.41, 5.74) is 1.04. The molecule has 0 atom stereocenters. The number of ether oxygens (including phenoxy) is 2.